The topological polar surface area (TPSA) is 168 Å². The van der Waals surface area contributed by atoms with Crippen LogP contribution in [0.25, 0.3) is 5.76 Å². The highest BCUT2D eigenvalue weighted by Crippen LogP contribution is 2.57. The normalized spacial score (nSPS) is 30.2. The van der Waals surface area contributed by atoms with Crippen LogP contribution in [-0.2, 0) is 14.4 Å². The number of aliphatic hydroxyl groups is 4. The number of nitrogens with zero attached hydrogens (tertiary/aromatic N) is 1. The van der Waals surface area contributed by atoms with Crippen LogP contribution in [-0.4, -0.2) is 86.8 Å². The fourth-order valence-corrected chi connectivity index (χ4v) is 6.44. The van der Waals surface area contributed by atoms with E-state index in [9.17, 15) is 44.3 Å². The predicted octanol–water partition coefficient (Wildman–Crippen LogP) is 0.924. The number of phenolic OH excluding ortho intramolecular Hbond substituents is 1. The minimum absolute atomic E-state index is 0.133. The number of fused-ring (bicyclic) bond motifs is 3. The highest BCUT2D eigenvalue weighted by Gasteiger charge is 2.68. The highest BCUT2D eigenvalue weighted by molar-refractivity contribution is 6.25. The van der Waals surface area contributed by atoms with Gasteiger partial charge in [0.25, 0.3) is 5.91 Å². The second-order valence-corrected chi connectivity index (χ2v) is 10.2. The maximum Gasteiger partial charge on any atom is 0.258 e. The Bertz CT molecular complexity index is 1480. The van der Waals surface area contributed by atoms with Crippen LogP contribution in [0.15, 0.2) is 59.4 Å². The van der Waals surface area contributed by atoms with E-state index in [0.717, 1.165) is 0 Å². The lowest BCUT2D eigenvalue weighted by Crippen LogP contribution is -2.70. The molecule has 6 atom stereocenters. The lowest BCUT2D eigenvalue weighted by atomic mass is 9.53. The van der Waals surface area contributed by atoms with E-state index in [1.54, 1.807) is 6.07 Å². The van der Waals surface area contributed by atoms with Crippen LogP contribution >= 0.6 is 0 Å². The van der Waals surface area contributed by atoms with Crippen LogP contribution in [0.4, 0.5) is 4.39 Å². The summed E-state index contributed by atoms with van der Waals surface area (Å²) in [6.45, 7) is 0. The molecule has 10 nitrogen and oxygen atoms in total. The standard InChI is InChI=1S/C28H27FN2O8/c1-30-27(38)19-24(35)21(31(2)3)20-23(34)17-15(11-7-9-12(29)10-8-11)13-5-4-6-14(32)16(13)22(33)18(17)25(36)28(20,39)26(19)37/h4-10,15,17,20-21,23,32-34,37,39H,1-3H3,(H,30,38)/t15-,17-,20-,21+,23+,28+/m1/s1. The van der Waals surface area contributed by atoms with Crippen molar-refractivity contribution in [1.29, 1.82) is 0 Å². The molecule has 2 aromatic rings. The Kier molecular flexibility index (Phi) is 6.13. The van der Waals surface area contributed by atoms with E-state index in [2.05, 4.69) is 5.32 Å². The van der Waals surface area contributed by atoms with Gasteiger partial charge in [0.2, 0.25) is 5.78 Å². The molecule has 11 heteroatoms. The number of aromatic hydroxyl groups is 1. The maximum atomic E-state index is 14.2. The number of rotatable bonds is 3. The van der Waals surface area contributed by atoms with Gasteiger partial charge in [-0.15, -0.1) is 0 Å². The van der Waals surface area contributed by atoms with Gasteiger partial charge >= 0.3 is 0 Å². The molecular formula is C28H27FN2O8. The van der Waals surface area contributed by atoms with E-state index in [-0.39, 0.29) is 5.56 Å². The molecule has 0 spiro atoms. The van der Waals surface area contributed by atoms with Gasteiger partial charge < -0.3 is 30.8 Å². The summed E-state index contributed by atoms with van der Waals surface area (Å²) in [5.74, 6) is -9.98. The molecule has 0 bridgehead atoms. The van der Waals surface area contributed by atoms with Gasteiger partial charge in [0.05, 0.1) is 23.6 Å². The Morgan fingerprint density at radius 3 is 2.28 bits per heavy atom. The van der Waals surface area contributed by atoms with Crippen LogP contribution in [0.2, 0.25) is 0 Å². The number of likely N-dealkylation sites (N-methyl/N-ethyl adjacent to an activating group) is 2. The molecule has 1 fully saturated rings. The Hall–Kier alpha value is -4.06. The first-order valence-corrected chi connectivity index (χ1v) is 12.2. The zero-order valence-electron chi connectivity index (χ0n) is 21.2. The minimum atomic E-state index is -2.97. The summed E-state index contributed by atoms with van der Waals surface area (Å²) >= 11 is 0. The number of carbonyl (C=O) groups is 3. The van der Waals surface area contributed by atoms with Gasteiger partial charge in [0.15, 0.2) is 11.4 Å². The Morgan fingerprint density at radius 1 is 1.05 bits per heavy atom. The molecule has 5 rings (SSSR count). The smallest absolute Gasteiger partial charge is 0.258 e. The first kappa shape index (κ1) is 26.5. The van der Waals surface area contributed by atoms with Crippen molar-refractivity contribution in [3.63, 3.8) is 0 Å². The molecule has 0 radical (unpaired) electrons. The van der Waals surface area contributed by atoms with Crippen LogP contribution in [0.1, 0.15) is 22.6 Å². The summed E-state index contributed by atoms with van der Waals surface area (Å²) in [4.78, 5) is 41.6. The van der Waals surface area contributed by atoms with Crippen LogP contribution in [0, 0.1) is 17.7 Å². The summed E-state index contributed by atoms with van der Waals surface area (Å²) in [5, 5.41) is 59.1. The monoisotopic (exact) mass is 538 g/mol. The fraction of sp³-hybridized carbons (Fsp3) is 0.321. The summed E-state index contributed by atoms with van der Waals surface area (Å²) in [6, 6.07) is 8.16. The maximum absolute atomic E-state index is 14.2. The van der Waals surface area contributed by atoms with Crippen LogP contribution in [0.3, 0.4) is 0 Å². The summed E-state index contributed by atoms with van der Waals surface area (Å²) in [6.07, 6.45) is -1.75. The molecule has 0 aromatic heterocycles. The molecule has 6 N–H and O–H groups in total. The first-order valence-electron chi connectivity index (χ1n) is 12.2. The van der Waals surface area contributed by atoms with Crippen molar-refractivity contribution in [2.45, 2.75) is 23.7 Å². The van der Waals surface area contributed by atoms with E-state index in [4.69, 9.17) is 0 Å². The average molecular weight is 539 g/mol. The van der Waals surface area contributed by atoms with Crippen molar-refractivity contribution < 1.29 is 44.3 Å². The molecule has 0 heterocycles. The minimum Gasteiger partial charge on any atom is -0.508 e. The van der Waals surface area contributed by atoms with Crippen molar-refractivity contribution in [1.82, 2.24) is 10.2 Å². The number of ketones is 2. The van der Waals surface area contributed by atoms with Crippen molar-refractivity contribution in [3.05, 3.63) is 81.9 Å². The van der Waals surface area contributed by atoms with Gasteiger partial charge in [-0.05, 0) is 43.4 Å². The van der Waals surface area contributed by atoms with Gasteiger partial charge in [-0.1, -0.05) is 24.3 Å². The van der Waals surface area contributed by atoms with Gasteiger partial charge in [-0.25, -0.2) is 4.39 Å². The zero-order valence-corrected chi connectivity index (χ0v) is 21.2. The molecule has 2 aromatic carbocycles. The first-order chi connectivity index (χ1) is 18.4. The van der Waals surface area contributed by atoms with E-state index in [1.807, 2.05) is 0 Å². The summed E-state index contributed by atoms with van der Waals surface area (Å²) in [7, 11) is 4.11. The van der Waals surface area contributed by atoms with E-state index < -0.39 is 87.2 Å². The van der Waals surface area contributed by atoms with E-state index in [0.29, 0.717) is 11.1 Å². The number of hydrogen-bond acceptors (Lipinski definition) is 9. The second kappa shape index (κ2) is 9.01. The van der Waals surface area contributed by atoms with Gasteiger partial charge in [-0.3, -0.25) is 19.3 Å². The zero-order chi connectivity index (χ0) is 28.5. The Labute approximate surface area is 222 Å². The molecule has 3 aliphatic carbocycles. The number of aliphatic hydroxyl groups excluding tert-OH is 3. The van der Waals surface area contributed by atoms with Crippen molar-refractivity contribution in [2.24, 2.45) is 11.8 Å². The van der Waals surface area contributed by atoms with Crippen LogP contribution < -0.4 is 5.32 Å². The predicted molar refractivity (Wildman–Crippen MR) is 135 cm³/mol. The molecule has 0 aliphatic heterocycles. The molecule has 1 saturated carbocycles. The third kappa shape index (κ3) is 3.47. The molecule has 3 aliphatic rings. The quantitative estimate of drug-likeness (QED) is 0.312. The molecule has 0 unspecified atom stereocenters. The van der Waals surface area contributed by atoms with Crippen molar-refractivity contribution in [3.8, 4) is 5.75 Å². The highest BCUT2D eigenvalue weighted by atomic mass is 19.1. The van der Waals surface area contributed by atoms with Crippen molar-refractivity contribution in [2.75, 3.05) is 21.1 Å². The lowest BCUT2D eigenvalue weighted by Gasteiger charge is -2.54. The molecule has 0 saturated heterocycles. The fourth-order valence-electron chi connectivity index (χ4n) is 6.44. The number of amides is 1. The second-order valence-electron chi connectivity index (χ2n) is 10.2. The largest absolute Gasteiger partial charge is 0.508 e. The average Bonchev–Trinajstić information content (AvgIpc) is 2.89. The number of phenols is 1. The Morgan fingerprint density at radius 2 is 1.69 bits per heavy atom. The molecule has 39 heavy (non-hydrogen) atoms. The van der Waals surface area contributed by atoms with E-state index >= 15 is 0 Å². The van der Waals surface area contributed by atoms with Gasteiger partial charge in [0, 0.05) is 24.5 Å². The van der Waals surface area contributed by atoms with Crippen LogP contribution in [0.5, 0.6) is 5.75 Å². The number of Topliss-reactive ketones (excluding diaryl/α,β-unsaturated/α-hetero) is 2. The summed E-state index contributed by atoms with van der Waals surface area (Å²) < 4.78 is 13.8. The number of hydrogen-bond donors (Lipinski definition) is 6. The molecule has 204 valence electrons. The number of halogens is 1. The van der Waals surface area contributed by atoms with Gasteiger partial charge in [-0.2, -0.15) is 0 Å². The number of nitrogens with one attached hydrogen (secondary N) is 1. The third-order valence-corrected chi connectivity index (χ3v) is 8.10. The lowest BCUT2D eigenvalue weighted by molar-refractivity contribution is -0.169. The van der Waals surface area contributed by atoms with E-state index in [1.165, 1.54) is 62.4 Å². The Balaban J connectivity index is 1.85. The van der Waals surface area contributed by atoms with Gasteiger partial charge in [0.1, 0.15) is 28.7 Å². The van der Waals surface area contributed by atoms with Crippen molar-refractivity contribution >= 4 is 23.2 Å². The third-order valence-electron chi connectivity index (χ3n) is 8.10. The SMILES string of the molecule is CNC(=O)C1=C(O)[C@@]2(O)C(=O)C3=C(O)c4c(O)cccc4[C@@H](c4ccc(F)cc4)[C@H]3[C@H](O)[C@H]2[C@H](N(C)C)C1=O. The molecular weight excluding hydrogens is 511 g/mol. The number of benzene rings is 2. The number of carbonyl (C=O) groups excluding carboxylic acids is 3. The summed E-state index contributed by atoms with van der Waals surface area (Å²) in [5.41, 5.74) is -3.71. The molecule has 1 amide bonds.